The van der Waals surface area contributed by atoms with Crippen LogP contribution < -0.4 is 10.0 Å². The van der Waals surface area contributed by atoms with Gasteiger partial charge in [0.05, 0.1) is 4.90 Å². The van der Waals surface area contributed by atoms with Gasteiger partial charge in [-0.15, -0.1) is 0 Å². The Morgan fingerprint density at radius 2 is 1.59 bits per heavy atom. The van der Waals surface area contributed by atoms with Crippen molar-refractivity contribution in [2.24, 2.45) is 0 Å². The number of nitrogens with one attached hydrogen (secondary N) is 2. The van der Waals surface area contributed by atoms with Gasteiger partial charge >= 0.3 is 0 Å². The fraction of sp³-hybridized carbons (Fsp3) is 0.381. The summed E-state index contributed by atoms with van der Waals surface area (Å²) in [6.45, 7) is 4.35. The highest BCUT2D eigenvalue weighted by Crippen LogP contribution is 2.12. The molecule has 2 N–H and O–H groups in total. The lowest BCUT2D eigenvalue weighted by Gasteiger charge is -2.11. The molecular weight excluding hydrogens is 360 g/mol. The van der Waals surface area contributed by atoms with Crippen molar-refractivity contribution in [2.45, 2.75) is 50.5 Å². The van der Waals surface area contributed by atoms with Crippen molar-refractivity contribution in [3.05, 3.63) is 65.7 Å². The molecule has 0 aromatic heterocycles. The van der Waals surface area contributed by atoms with Crippen molar-refractivity contribution in [3.63, 3.8) is 0 Å². The first-order valence-corrected chi connectivity index (χ1v) is 10.8. The van der Waals surface area contributed by atoms with Gasteiger partial charge in [-0.25, -0.2) is 13.1 Å². The Morgan fingerprint density at radius 1 is 0.963 bits per heavy atom. The van der Waals surface area contributed by atoms with Gasteiger partial charge in [0.15, 0.2) is 0 Å². The minimum absolute atomic E-state index is 0.0172. The Hall–Kier alpha value is -2.18. The van der Waals surface area contributed by atoms with Crippen molar-refractivity contribution in [2.75, 3.05) is 6.54 Å². The molecule has 0 saturated heterocycles. The Bertz CT molecular complexity index is 818. The van der Waals surface area contributed by atoms with Crippen LogP contribution in [0.15, 0.2) is 59.5 Å². The maximum atomic E-state index is 12.4. The van der Waals surface area contributed by atoms with Crippen molar-refractivity contribution in [1.82, 2.24) is 10.0 Å². The van der Waals surface area contributed by atoms with Crippen molar-refractivity contribution in [1.29, 1.82) is 0 Å². The summed E-state index contributed by atoms with van der Waals surface area (Å²) < 4.78 is 27.4. The maximum absolute atomic E-state index is 12.4. The number of carbonyl (C=O) groups is 1. The van der Waals surface area contributed by atoms with E-state index in [-0.39, 0.29) is 16.8 Å². The number of hydrogen-bond donors (Lipinski definition) is 2. The van der Waals surface area contributed by atoms with Crippen LogP contribution in [0.5, 0.6) is 0 Å². The summed E-state index contributed by atoms with van der Waals surface area (Å²) in [5, 5.41) is 2.93. The number of sulfonamides is 1. The van der Waals surface area contributed by atoms with E-state index < -0.39 is 10.0 Å². The highest BCUT2D eigenvalue weighted by Gasteiger charge is 2.13. The molecule has 0 unspecified atom stereocenters. The molecule has 0 spiro atoms. The normalized spacial score (nSPS) is 12.5. The quantitative estimate of drug-likeness (QED) is 0.657. The molecule has 0 aliphatic carbocycles. The highest BCUT2D eigenvalue weighted by atomic mass is 32.2. The van der Waals surface area contributed by atoms with Crippen LogP contribution in [-0.2, 0) is 27.7 Å². The summed E-state index contributed by atoms with van der Waals surface area (Å²) in [6.07, 6.45) is 2.52. The van der Waals surface area contributed by atoms with E-state index in [0.29, 0.717) is 25.8 Å². The van der Waals surface area contributed by atoms with E-state index in [1.54, 1.807) is 24.3 Å². The van der Waals surface area contributed by atoms with Gasteiger partial charge in [-0.3, -0.25) is 4.79 Å². The Balaban J connectivity index is 1.84. The zero-order valence-electron chi connectivity index (χ0n) is 15.9. The van der Waals surface area contributed by atoms with Gasteiger partial charge in [-0.1, -0.05) is 49.4 Å². The third-order valence-corrected chi connectivity index (χ3v) is 5.92. The minimum atomic E-state index is -3.53. The molecule has 0 aliphatic heterocycles. The second kappa shape index (κ2) is 10.2. The molecule has 6 heteroatoms. The summed E-state index contributed by atoms with van der Waals surface area (Å²) in [6, 6.07) is 16.6. The van der Waals surface area contributed by atoms with Crippen LogP contribution in [0.2, 0.25) is 0 Å². The number of rotatable bonds is 10. The van der Waals surface area contributed by atoms with Gasteiger partial charge in [-0.2, -0.15) is 0 Å². The maximum Gasteiger partial charge on any atom is 0.240 e. The third-order valence-electron chi connectivity index (χ3n) is 4.44. The summed E-state index contributed by atoms with van der Waals surface area (Å²) in [7, 11) is -3.53. The van der Waals surface area contributed by atoms with Crippen LogP contribution in [0.25, 0.3) is 0 Å². The molecule has 0 heterocycles. The largest absolute Gasteiger partial charge is 0.354 e. The SMILES string of the molecule is CC[C@H](C)NC(=O)CCc1ccc(S(=O)(=O)NCCc2ccccc2)cc1. The zero-order chi connectivity index (χ0) is 19.7. The lowest BCUT2D eigenvalue weighted by molar-refractivity contribution is -0.121. The monoisotopic (exact) mass is 388 g/mol. The van der Waals surface area contributed by atoms with Crippen molar-refractivity contribution in [3.8, 4) is 0 Å². The number of amides is 1. The predicted molar refractivity (Wildman–Crippen MR) is 108 cm³/mol. The van der Waals surface area contributed by atoms with E-state index in [1.807, 2.05) is 44.2 Å². The lowest BCUT2D eigenvalue weighted by Crippen LogP contribution is -2.32. The van der Waals surface area contributed by atoms with Crippen LogP contribution in [0.3, 0.4) is 0 Å². The standard InChI is InChI=1S/C21H28N2O3S/c1-3-17(2)23-21(24)14-11-19-9-12-20(13-10-19)27(25,26)22-16-15-18-7-5-4-6-8-18/h4-10,12-13,17,22H,3,11,14-16H2,1-2H3,(H,23,24)/t17-/m0/s1. The predicted octanol–water partition coefficient (Wildman–Crippen LogP) is 3.05. The molecule has 0 radical (unpaired) electrons. The van der Waals surface area contributed by atoms with Crippen molar-refractivity contribution < 1.29 is 13.2 Å². The molecule has 146 valence electrons. The van der Waals surface area contributed by atoms with Crippen LogP contribution in [0.1, 0.15) is 37.8 Å². The smallest absolute Gasteiger partial charge is 0.240 e. The molecule has 2 aromatic rings. The first-order valence-electron chi connectivity index (χ1n) is 9.32. The second-order valence-electron chi connectivity index (χ2n) is 6.65. The second-order valence-corrected chi connectivity index (χ2v) is 8.42. The zero-order valence-corrected chi connectivity index (χ0v) is 16.8. The molecule has 1 amide bonds. The summed E-state index contributed by atoms with van der Waals surface area (Å²) in [5.41, 5.74) is 2.03. The molecule has 1 atom stereocenters. The van der Waals surface area contributed by atoms with Gasteiger partial charge in [-0.05, 0) is 49.4 Å². The van der Waals surface area contributed by atoms with E-state index in [4.69, 9.17) is 0 Å². The van der Waals surface area contributed by atoms with Gasteiger partial charge < -0.3 is 5.32 Å². The Morgan fingerprint density at radius 3 is 2.22 bits per heavy atom. The van der Waals surface area contributed by atoms with Gasteiger partial charge in [0.25, 0.3) is 0 Å². The van der Waals surface area contributed by atoms with Crippen LogP contribution in [-0.4, -0.2) is 26.9 Å². The van der Waals surface area contributed by atoms with Crippen LogP contribution in [0, 0.1) is 0 Å². The van der Waals surface area contributed by atoms with Gasteiger partial charge in [0.2, 0.25) is 15.9 Å². The number of benzene rings is 2. The molecule has 2 aromatic carbocycles. The average Bonchev–Trinajstić information content (AvgIpc) is 2.67. The summed E-state index contributed by atoms with van der Waals surface area (Å²) in [5.74, 6) is 0.0172. The minimum Gasteiger partial charge on any atom is -0.354 e. The fourth-order valence-electron chi connectivity index (χ4n) is 2.60. The summed E-state index contributed by atoms with van der Waals surface area (Å²) in [4.78, 5) is 12.1. The fourth-order valence-corrected chi connectivity index (χ4v) is 3.63. The highest BCUT2D eigenvalue weighted by molar-refractivity contribution is 7.89. The summed E-state index contributed by atoms with van der Waals surface area (Å²) >= 11 is 0. The Labute approximate surface area is 162 Å². The molecule has 0 aliphatic rings. The van der Waals surface area contributed by atoms with Gasteiger partial charge in [0, 0.05) is 19.0 Å². The first kappa shape index (κ1) is 21.1. The molecular formula is C21H28N2O3S. The lowest BCUT2D eigenvalue weighted by atomic mass is 10.1. The molecule has 27 heavy (non-hydrogen) atoms. The third kappa shape index (κ3) is 7.15. The number of carbonyl (C=O) groups excluding carboxylic acids is 1. The topological polar surface area (TPSA) is 75.3 Å². The molecule has 5 nitrogen and oxygen atoms in total. The number of hydrogen-bond acceptors (Lipinski definition) is 3. The van der Waals surface area contributed by atoms with Crippen molar-refractivity contribution >= 4 is 15.9 Å². The molecule has 0 fully saturated rings. The average molecular weight is 389 g/mol. The van der Waals surface area contributed by atoms with Crippen LogP contribution >= 0.6 is 0 Å². The van der Waals surface area contributed by atoms with E-state index in [2.05, 4.69) is 10.0 Å². The Kier molecular flexibility index (Phi) is 8.00. The van der Waals surface area contributed by atoms with Gasteiger partial charge in [0.1, 0.15) is 0 Å². The van der Waals surface area contributed by atoms with E-state index in [0.717, 1.165) is 17.5 Å². The van der Waals surface area contributed by atoms with E-state index in [9.17, 15) is 13.2 Å². The number of aryl methyl sites for hydroxylation is 1. The molecule has 0 bridgehead atoms. The van der Waals surface area contributed by atoms with E-state index in [1.165, 1.54) is 0 Å². The van der Waals surface area contributed by atoms with E-state index >= 15 is 0 Å². The molecule has 0 saturated carbocycles. The molecule has 2 rings (SSSR count). The first-order chi connectivity index (χ1) is 12.9. The van der Waals surface area contributed by atoms with Crippen LogP contribution in [0.4, 0.5) is 0 Å².